The van der Waals surface area contributed by atoms with Gasteiger partial charge in [0, 0.05) is 24.5 Å². The summed E-state index contributed by atoms with van der Waals surface area (Å²) in [6.45, 7) is 3.67. The molecule has 1 amide bonds. The number of likely N-dealkylation sites (tertiary alicyclic amines) is 1. The van der Waals surface area contributed by atoms with Crippen LogP contribution in [0.3, 0.4) is 0 Å². The first-order chi connectivity index (χ1) is 14.6. The summed E-state index contributed by atoms with van der Waals surface area (Å²) in [5, 5.41) is 15.2. The minimum atomic E-state index is -0.318. The van der Waals surface area contributed by atoms with E-state index in [9.17, 15) is 14.7 Å². The number of hydrogen-bond acceptors (Lipinski definition) is 5. The average molecular weight is 411 g/mol. The van der Waals surface area contributed by atoms with Crippen molar-refractivity contribution < 1.29 is 19.4 Å². The van der Waals surface area contributed by atoms with E-state index in [1.807, 2.05) is 31.2 Å². The van der Waals surface area contributed by atoms with Crippen LogP contribution in [0.4, 0.5) is 0 Å². The fourth-order valence-corrected chi connectivity index (χ4v) is 4.92. The highest BCUT2D eigenvalue weighted by Gasteiger charge is 2.39. The molecule has 0 radical (unpaired) electrons. The lowest BCUT2D eigenvalue weighted by Gasteiger charge is -2.25. The second-order valence-corrected chi connectivity index (χ2v) is 8.46. The molecule has 1 aliphatic heterocycles. The number of hydrogen-bond donors (Lipinski definition) is 2. The van der Waals surface area contributed by atoms with Crippen molar-refractivity contribution in [1.82, 2.24) is 10.2 Å². The molecule has 0 aromatic heterocycles. The Morgan fingerprint density at radius 2 is 1.93 bits per heavy atom. The summed E-state index contributed by atoms with van der Waals surface area (Å²) in [7, 11) is 0. The molecule has 6 heteroatoms. The van der Waals surface area contributed by atoms with Crippen molar-refractivity contribution in [2.45, 2.75) is 51.1 Å². The number of fused-ring (bicyclic) bond motifs is 1. The molecule has 2 fully saturated rings. The topological polar surface area (TPSA) is 78.9 Å². The number of benzene rings is 2. The number of aromatic hydroxyl groups is 1. The fourth-order valence-electron chi connectivity index (χ4n) is 4.92. The molecular formula is C24H30N2O4. The number of carbonyl (C=O) groups excluding carboxylic acids is 2. The van der Waals surface area contributed by atoms with Crippen molar-refractivity contribution in [2.75, 3.05) is 19.7 Å². The number of carbonyl (C=O) groups is 2. The predicted molar refractivity (Wildman–Crippen MR) is 115 cm³/mol. The summed E-state index contributed by atoms with van der Waals surface area (Å²) in [5.41, 5.74) is 0.260. The van der Waals surface area contributed by atoms with Crippen molar-refractivity contribution in [3.05, 3.63) is 42.0 Å². The lowest BCUT2D eigenvalue weighted by Crippen LogP contribution is -2.40. The molecule has 1 saturated heterocycles. The van der Waals surface area contributed by atoms with Crippen LogP contribution in [0.1, 0.15) is 49.4 Å². The molecule has 2 N–H and O–H groups in total. The van der Waals surface area contributed by atoms with E-state index in [-0.39, 0.29) is 35.3 Å². The molecule has 2 aromatic carbocycles. The van der Waals surface area contributed by atoms with Gasteiger partial charge in [0.1, 0.15) is 11.8 Å². The van der Waals surface area contributed by atoms with Gasteiger partial charge >= 0.3 is 5.97 Å². The van der Waals surface area contributed by atoms with Gasteiger partial charge in [-0.15, -0.1) is 0 Å². The van der Waals surface area contributed by atoms with E-state index in [1.54, 1.807) is 12.1 Å². The van der Waals surface area contributed by atoms with Crippen LogP contribution in [0.15, 0.2) is 36.4 Å². The highest BCUT2D eigenvalue weighted by molar-refractivity contribution is 6.03. The molecular weight excluding hydrogens is 380 g/mol. The first-order valence-electron chi connectivity index (χ1n) is 11.0. The van der Waals surface area contributed by atoms with Crippen molar-refractivity contribution >= 4 is 22.6 Å². The maximum absolute atomic E-state index is 12.9. The largest absolute Gasteiger partial charge is 0.506 e. The molecule has 2 aromatic rings. The van der Waals surface area contributed by atoms with E-state index in [0.717, 1.165) is 11.9 Å². The highest BCUT2D eigenvalue weighted by atomic mass is 16.5. The number of nitrogens with one attached hydrogen (secondary N) is 1. The third-order valence-corrected chi connectivity index (χ3v) is 6.41. The minimum Gasteiger partial charge on any atom is -0.506 e. The van der Waals surface area contributed by atoms with Gasteiger partial charge in [-0.2, -0.15) is 0 Å². The van der Waals surface area contributed by atoms with Gasteiger partial charge < -0.3 is 15.2 Å². The van der Waals surface area contributed by atoms with Crippen LogP contribution >= 0.6 is 0 Å². The first kappa shape index (κ1) is 20.7. The Morgan fingerprint density at radius 1 is 1.17 bits per heavy atom. The Bertz CT molecular complexity index is 923. The Balaban J connectivity index is 1.47. The van der Waals surface area contributed by atoms with Crippen molar-refractivity contribution in [3.63, 3.8) is 0 Å². The van der Waals surface area contributed by atoms with E-state index in [1.165, 1.54) is 25.7 Å². The van der Waals surface area contributed by atoms with Gasteiger partial charge in [-0.1, -0.05) is 43.2 Å². The molecule has 0 spiro atoms. The third kappa shape index (κ3) is 4.29. The standard InChI is InChI=1S/C24H30N2O4/c1-2-30-24(29)21-13-18(15-26(21)14-16-7-3-4-8-16)25-23(28)20-12-11-17-9-5-6-10-19(17)22(20)27/h5-6,9-12,16,18,21,27H,2-4,7-8,13-15H2,1H3,(H,25,28)/t18-,21-/m0/s1. The number of esters is 1. The maximum atomic E-state index is 12.9. The normalized spacial score (nSPS) is 22.4. The molecule has 2 aliphatic rings. The van der Waals surface area contributed by atoms with Gasteiger partial charge in [-0.25, -0.2) is 0 Å². The molecule has 0 bridgehead atoms. The van der Waals surface area contributed by atoms with Gasteiger partial charge in [0.15, 0.2) is 0 Å². The molecule has 1 heterocycles. The Hall–Kier alpha value is -2.60. The summed E-state index contributed by atoms with van der Waals surface area (Å²) < 4.78 is 5.29. The van der Waals surface area contributed by atoms with Crippen LogP contribution < -0.4 is 5.32 Å². The van der Waals surface area contributed by atoms with Crippen molar-refractivity contribution in [1.29, 1.82) is 0 Å². The number of phenols is 1. The van der Waals surface area contributed by atoms with Gasteiger partial charge in [0.05, 0.1) is 12.2 Å². The zero-order valence-corrected chi connectivity index (χ0v) is 17.5. The van der Waals surface area contributed by atoms with E-state index >= 15 is 0 Å². The number of rotatable bonds is 6. The number of amides is 1. The smallest absolute Gasteiger partial charge is 0.323 e. The zero-order chi connectivity index (χ0) is 21.1. The minimum absolute atomic E-state index is 0.00616. The van der Waals surface area contributed by atoms with Crippen molar-refractivity contribution in [3.8, 4) is 5.75 Å². The molecule has 2 atom stereocenters. The van der Waals surface area contributed by atoms with Crippen LogP contribution in [0.2, 0.25) is 0 Å². The van der Waals surface area contributed by atoms with Gasteiger partial charge in [-0.05, 0) is 43.6 Å². The van der Waals surface area contributed by atoms with Gasteiger partial charge in [-0.3, -0.25) is 14.5 Å². The molecule has 0 unspecified atom stereocenters. The maximum Gasteiger partial charge on any atom is 0.323 e. The van der Waals surface area contributed by atoms with Crippen LogP contribution in [-0.2, 0) is 9.53 Å². The third-order valence-electron chi connectivity index (χ3n) is 6.41. The van der Waals surface area contributed by atoms with Crippen molar-refractivity contribution in [2.24, 2.45) is 5.92 Å². The average Bonchev–Trinajstić information content (AvgIpc) is 3.39. The van der Waals surface area contributed by atoms with E-state index in [0.29, 0.717) is 30.9 Å². The SMILES string of the molecule is CCOC(=O)[C@@H]1C[C@H](NC(=O)c2ccc3ccccc3c2O)CN1CC1CCCC1. The molecule has 1 saturated carbocycles. The van der Waals surface area contributed by atoms with Crippen LogP contribution in [0.25, 0.3) is 10.8 Å². The quantitative estimate of drug-likeness (QED) is 0.713. The summed E-state index contributed by atoms with van der Waals surface area (Å²) in [6, 6.07) is 10.5. The second kappa shape index (κ2) is 9.04. The zero-order valence-electron chi connectivity index (χ0n) is 17.5. The predicted octanol–water partition coefficient (Wildman–Crippen LogP) is 3.47. The second-order valence-electron chi connectivity index (χ2n) is 8.46. The lowest BCUT2D eigenvalue weighted by atomic mass is 10.0. The molecule has 30 heavy (non-hydrogen) atoms. The monoisotopic (exact) mass is 410 g/mol. The van der Waals surface area contributed by atoms with Gasteiger partial charge in [0.25, 0.3) is 5.91 Å². The number of ether oxygens (including phenoxy) is 1. The lowest BCUT2D eigenvalue weighted by molar-refractivity contribution is -0.148. The summed E-state index contributed by atoms with van der Waals surface area (Å²) in [4.78, 5) is 27.6. The summed E-state index contributed by atoms with van der Waals surface area (Å²) in [6.07, 6.45) is 5.45. The van der Waals surface area contributed by atoms with Crippen LogP contribution in [-0.4, -0.2) is 53.7 Å². The van der Waals surface area contributed by atoms with Crippen LogP contribution in [0.5, 0.6) is 5.75 Å². The van der Waals surface area contributed by atoms with E-state index < -0.39 is 0 Å². The summed E-state index contributed by atoms with van der Waals surface area (Å²) in [5.74, 6) is 0.0867. The summed E-state index contributed by atoms with van der Waals surface area (Å²) >= 11 is 0. The van der Waals surface area contributed by atoms with E-state index in [2.05, 4.69) is 10.2 Å². The highest BCUT2D eigenvalue weighted by Crippen LogP contribution is 2.31. The van der Waals surface area contributed by atoms with E-state index in [4.69, 9.17) is 4.74 Å². The Labute approximate surface area is 177 Å². The fraction of sp³-hybridized carbons (Fsp3) is 0.500. The Morgan fingerprint density at radius 3 is 2.70 bits per heavy atom. The Kier molecular flexibility index (Phi) is 6.23. The number of phenolic OH excluding ortho intramolecular Hbond substituents is 1. The van der Waals surface area contributed by atoms with Gasteiger partial charge in [0.2, 0.25) is 0 Å². The molecule has 160 valence electrons. The first-order valence-corrected chi connectivity index (χ1v) is 11.0. The molecule has 4 rings (SSSR count). The molecule has 6 nitrogen and oxygen atoms in total. The number of nitrogens with zero attached hydrogens (tertiary/aromatic N) is 1. The molecule has 1 aliphatic carbocycles. The van der Waals surface area contributed by atoms with Crippen LogP contribution in [0, 0.1) is 5.92 Å².